The summed E-state index contributed by atoms with van der Waals surface area (Å²) in [7, 11) is 1.35. The molecule has 0 aliphatic heterocycles. The first-order valence-electron chi connectivity index (χ1n) is 8.14. The third-order valence-corrected chi connectivity index (χ3v) is 2.78. The molecule has 1 aromatic carbocycles. The molecule has 0 saturated carbocycles. The van der Waals surface area contributed by atoms with Crippen molar-refractivity contribution in [1.82, 2.24) is 0 Å². The van der Waals surface area contributed by atoms with Gasteiger partial charge in [-0.05, 0) is 37.0 Å². The van der Waals surface area contributed by atoms with Crippen LogP contribution in [0.5, 0.6) is 0 Å². The molecule has 3 heteroatoms. The van der Waals surface area contributed by atoms with Crippen LogP contribution in [0.3, 0.4) is 0 Å². The Morgan fingerprint density at radius 2 is 1.70 bits per heavy atom. The van der Waals surface area contributed by atoms with Gasteiger partial charge in [-0.3, -0.25) is 4.79 Å². The number of allylic oxidation sites excluding steroid dienone is 1. The number of esters is 1. The minimum absolute atomic E-state index is 0.377. The Labute approximate surface area is 143 Å². The number of methoxy groups -OCH3 is 1. The van der Waals surface area contributed by atoms with E-state index in [1.165, 1.54) is 12.7 Å². The van der Waals surface area contributed by atoms with Crippen molar-refractivity contribution in [2.75, 3.05) is 7.11 Å². The fourth-order valence-electron chi connectivity index (χ4n) is 1.79. The maximum absolute atomic E-state index is 11.3. The van der Waals surface area contributed by atoms with Crippen molar-refractivity contribution in [2.24, 2.45) is 5.73 Å². The fourth-order valence-corrected chi connectivity index (χ4v) is 1.79. The third kappa shape index (κ3) is 10.5. The summed E-state index contributed by atoms with van der Waals surface area (Å²) in [4.78, 5) is 11.3. The summed E-state index contributed by atoms with van der Waals surface area (Å²) in [5.41, 5.74) is 9.16. The van der Waals surface area contributed by atoms with E-state index in [2.05, 4.69) is 17.9 Å². The van der Waals surface area contributed by atoms with Crippen LogP contribution in [0.2, 0.25) is 0 Å². The van der Waals surface area contributed by atoms with Crippen molar-refractivity contribution in [3.8, 4) is 0 Å². The van der Waals surface area contributed by atoms with Gasteiger partial charge in [0.15, 0.2) is 0 Å². The number of aryl methyl sites for hydroxylation is 1. The van der Waals surface area contributed by atoms with Crippen LogP contribution in [-0.2, 0) is 9.53 Å². The SMILES string of the molecule is C/C=C(/CC(N)C(=O)OC)c1ccccc1C.C=C.CC.CC. The molecule has 0 spiro atoms. The van der Waals surface area contributed by atoms with Crippen molar-refractivity contribution in [1.29, 1.82) is 0 Å². The molecule has 0 aromatic heterocycles. The number of rotatable bonds is 4. The molecule has 1 unspecified atom stereocenters. The van der Waals surface area contributed by atoms with Crippen LogP contribution in [0.15, 0.2) is 43.5 Å². The molecule has 0 aliphatic carbocycles. The van der Waals surface area contributed by atoms with Gasteiger partial charge in [0.2, 0.25) is 0 Å². The minimum Gasteiger partial charge on any atom is -0.468 e. The molecule has 1 atom stereocenters. The first-order chi connectivity index (χ1) is 11.1. The lowest BCUT2D eigenvalue weighted by Gasteiger charge is -2.14. The Morgan fingerprint density at radius 3 is 2.09 bits per heavy atom. The van der Waals surface area contributed by atoms with E-state index in [0.29, 0.717) is 6.42 Å². The molecule has 23 heavy (non-hydrogen) atoms. The summed E-state index contributed by atoms with van der Waals surface area (Å²) in [6, 6.07) is 7.45. The maximum atomic E-state index is 11.3. The minimum atomic E-state index is -0.606. The van der Waals surface area contributed by atoms with E-state index in [9.17, 15) is 4.79 Å². The quantitative estimate of drug-likeness (QED) is 0.617. The van der Waals surface area contributed by atoms with Crippen molar-refractivity contribution < 1.29 is 9.53 Å². The predicted molar refractivity (Wildman–Crippen MR) is 103 cm³/mol. The zero-order valence-corrected chi connectivity index (χ0v) is 16.0. The first-order valence-corrected chi connectivity index (χ1v) is 8.14. The Balaban J connectivity index is -0.000000595. The molecule has 0 heterocycles. The fraction of sp³-hybridized carbons (Fsp3) is 0.450. The summed E-state index contributed by atoms with van der Waals surface area (Å²) < 4.78 is 4.63. The number of nitrogens with two attached hydrogens (primary N) is 1. The van der Waals surface area contributed by atoms with Crippen molar-refractivity contribution in [3.63, 3.8) is 0 Å². The van der Waals surface area contributed by atoms with Crippen LogP contribution in [-0.4, -0.2) is 19.1 Å². The second kappa shape index (κ2) is 18.2. The summed E-state index contributed by atoms with van der Waals surface area (Å²) in [5.74, 6) is -0.377. The second-order valence-corrected chi connectivity index (χ2v) is 3.96. The number of carbonyl (C=O) groups is 1. The van der Waals surface area contributed by atoms with Crippen LogP contribution in [0.4, 0.5) is 0 Å². The molecule has 132 valence electrons. The standard InChI is InChI=1S/C14H19NO2.2C2H6.C2H4/c1-4-11(9-13(15)14(16)17-3)12-8-6-5-7-10(12)2;3*1-2/h4-8,13H,9,15H2,1-3H3;2*1-2H3;1-2H2/b11-4-;;;. The number of benzene rings is 1. The van der Waals surface area contributed by atoms with Gasteiger partial charge in [-0.15, -0.1) is 13.2 Å². The van der Waals surface area contributed by atoms with Crippen molar-refractivity contribution in [3.05, 3.63) is 54.6 Å². The number of carbonyl (C=O) groups excluding carboxylic acids is 1. The van der Waals surface area contributed by atoms with E-state index in [4.69, 9.17) is 5.73 Å². The highest BCUT2D eigenvalue weighted by Gasteiger charge is 2.16. The van der Waals surface area contributed by atoms with Gasteiger partial charge in [-0.25, -0.2) is 0 Å². The lowest BCUT2D eigenvalue weighted by Crippen LogP contribution is -2.31. The Hall–Kier alpha value is -1.87. The second-order valence-electron chi connectivity index (χ2n) is 3.96. The summed E-state index contributed by atoms with van der Waals surface area (Å²) in [6.07, 6.45) is 2.49. The topological polar surface area (TPSA) is 52.3 Å². The van der Waals surface area contributed by atoms with Crippen LogP contribution in [0.25, 0.3) is 5.57 Å². The van der Waals surface area contributed by atoms with Gasteiger partial charge in [0.05, 0.1) is 7.11 Å². The lowest BCUT2D eigenvalue weighted by atomic mass is 9.95. The van der Waals surface area contributed by atoms with Crippen LogP contribution < -0.4 is 5.73 Å². The number of hydrogen-bond donors (Lipinski definition) is 1. The predicted octanol–water partition coefficient (Wildman–Crippen LogP) is 5.14. The number of hydrogen-bond acceptors (Lipinski definition) is 3. The van der Waals surface area contributed by atoms with E-state index < -0.39 is 6.04 Å². The average Bonchev–Trinajstić information content (AvgIpc) is 2.64. The van der Waals surface area contributed by atoms with Crippen LogP contribution in [0.1, 0.15) is 52.2 Å². The van der Waals surface area contributed by atoms with Crippen molar-refractivity contribution in [2.45, 2.75) is 54.0 Å². The zero-order valence-electron chi connectivity index (χ0n) is 16.0. The molecule has 0 bridgehead atoms. The van der Waals surface area contributed by atoms with Gasteiger partial charge in [-0.1, -0.05) is 58.0 Å². The average molecular weight is 322 g/mol. The lowest BCUT2D eigenvalue weighted by molar-refractivity contribution is -0.142. The molecule has 3 nitrogen and oxygen atoms in total. The maximum Gasteiger partial charge on any atom is 0.322 e. The number of ether oxygens (including phenoxy) is 1. The van der Waals surface area contributed by atoms with Crippen LogP contribution in [0, 0.1) is 6.92 Å². The van der Waals surface area contributed by atoms with E-state index in [1.807, 2.05) is 71.9 Å². The van der Waals surface area contributed by atoms with Gasteiger partial charge in [0.1, 0.15) is 6.04 Å². The summed E-state index contributed by atoms with van der Waals surface area (Å²) in [6.45, 7) is 18.0. The first kappa shape index (κ1) is 26.0. The molecular weight excluding hydrogens is 286 g/mol. The highest BCUT2D eigenvalue weighted by molar-refractivity contribution is 5.79. The van der Waals surface area contributed by atoms with E-state index in [-0.39, 0.29) is 5.97 Å². The Kier molecular flexibility index (Phi) is 20.6. The molecule has 1 rings (SSSR count). The molecular formula is C20H35NO2. The van der Waals surface area contributed by atoms with Crippen molar-refractivity contribution >= 4 is 11.5 Å². The third-order valence-electron chi connectivity index (χ3n) is 2.78. The van der Waals surface area contributed by atoms with Gasteiger partial charge >= 0.3 is 5.97 Å². The largest absolute Gasteiger partial charge is 0.468 e. The van der Waals surface area contributed by atoms with Gasteiger partial charge in [-0.2, -0.15) is 0 Å². The van der Waals surface area contributed by atoms with E-state index in [1.54, 1.807) is 0 Å². The van der Waals surface area contributed by atoms with Gasteiger partial charge in [0, 0.05) is 0 Å². The normalized spacial score (nSPS) is 10.5. The summed E-state index contributed by atoms with van der Waals surface area (Å²) >= 11 is 0. The zero-order chi connectivity index (χ0) is 18.8. The highest BCUT2D eigenvalue weighted by atomic mass is 16.5. The molecule has 0 fully saturated rings. The van der Waals surface area contributed by atoms with E-state index in [0.717, 1.165) is 11.1 Å². The Morgan fingerprint density at radius 1 is 1.22 bits per heavy atom. The smallest absolute Gasteiger partial charge is 0.322 e. The highest BCUT2D eigenvalue weighted by Crippen LogP contribution is 2.22. The molecule has 0 radical (unpaired) electrons. The molecule has 1 aromatic rings. The molecule has 0 amide bonds. The molecule has 0 aliphatic rings. The van der Waals surface area contributed by atoms with Gasteiger partial charge < -0.3 is 10.5 Å². The molecule has 2 N–H and O–H groups in total. The van der Waals surface area contributed by atoms with Crippen LogP contribution >= 0.6 is 0 Å². The Bertz CT molecular complexity index is 439. The molecule has 0 saturated heterocycles. The van der Waals surface area contributed by atoms with Gasteiger partial charge in [0.25, 0.3) is 0 Å². The monoisotopic (exact) mass is 321 g/mol. The summed E-state index contributed by atoms with van der Waals surface area (Å²) in [5, 5.41) is 0. The van der Waals surface area contributed by atoms with E-state index >= 15 is 0 Å².